The van der Waals surface area contributed by atoms with Gasteiger partial charge in [-0.15, -0.1) is 0 Å². The number of likely N-dealkylation sites (N-methyl/N-ethyl adjacent to an activating group) is 1. The smallest absolute Gasteiger partial charge is 0.246 e. The van der Waals surface area contributed by atoms with Gasteiger partial charge in [0.2, 0.25) is 5.91 Å². The van der Waals surface area contributed by atoms with Crippen LogP contribution >= 0.6 is 0 Å². The van der Waals surface area contributed by atoms with Crippen LogP contribution < -0.4 is 5.73 Å². The lowest BCUT2D eigenvalue weighted by Gasteiger charge is -2.19. The number of amides is 1. The third-order valence-corrected chi connectivity index (χ3v) is 2.99. The Morgan fingerprint density at radius 2 is 2.22 bits per heavy atom. The van der Waals surface area contributed by atoms with Crippen molar-refractivity contribution in [2.24, 2.45) is 5.92 Å². The molecule has 0 aliphatic carbocycles. The number of nitrogens with zero attached hydrogens (tertiary/aromatic N) is 1. The van der Waals surface area contributed by atoms with Crippen molar-refractivity contribution < 1.29 is 4.79 Å². The Morgan fingerprint density at radius 3 is 2.83 bits per heavy atom. The molecular formula is C15H22N2O. The molecule has 2 N–H and O–H groups in total. The predicted octanol–water partition coefficient (Wildman–Crippen LogP) is 2.79. The average molecular weight is 246 g/mol. The third kappa shape index (κ3) is 4.62. The van der Waals surface area contributed by atoms with Crippen LogP contribution in [0.15, 0.2) is 30.3 Å². The molecule has 0 saturated carbocycles. The van der Waals surface area contributed by atoms with Crippen molar-refractivity contribution in [2.75, 3.05) is 19.3 Å². The van der Waals surface area contributed by atoms with Gasteiger partial charge in [-0.2, -0.15) is 0 Å². The largest absolute Gasteiger partial charge is 0.399 e. The van der Waals surface area contributed by atoms with Gasteiger partial charge < -0.3 is 10.6 Å². The maximum atomic E-state index is 11.9. The second-order valence-corrected chi connectivity index (χ2v) is 4.74. The lowest BCUT2D eigenvalue weighted by molar-refractivity contribution is -0.125. The molecule has 3 nitrogen and oxygen atoms in total. The summed E-state index contributed by atoms with van der Waals surface area (Å²) in [5.41, 5.74) is 7.33. The quantitative estimate of drug-likeness (QED) is 0.641. The zero-order chi connectivity index (χ0) is 13.5. The van der Waals surface area contributed by atoms with E-state index in [9.17, 15) is 4.79 Å². The summed E-state index contributed by atoms with van der Waals surface area (Å²) < 4.78 is 0. The van der Waals surface area contributed by atoms with E-state index in [-0.39, 0.29) is 5.91 Å². The van der Waals surface area contributed by atoms with Crippen molar-refractivity contribution in [3.05, 3.63) is 35.9 Å². The van der Waals surface area contributed by atoms with Gasteiger partial charge in [0.25, 0.3) is 0 Å². The number of benzene rings is 1. The maximum absolute atomic E-state index is 11.9. The lowest BCUT2D eigenvalue weighted by Crippen LogP contribution is -2.29. The Morgan fingerprint density at radius 1 is 1.50 bits per heavy atom. The van der Waals surface area contributed by atoms with E-state index in [0.717, 1.165) is 18.5 Å². The second kappa shape index (κ2) is 6.84. The highest BCUT2D eigenvalue weighted by atomic mass is 16.2. The molecule has 0 radical (unpaired) electrons. The molecular weight excluding hydrogens is 224 g/mol. The van der Waals surface area contributed by atoms with Crippen molar-refractivity contribution in [2.45, 2.75) is 20.3 Å². The molecule has 0 aromatic heterocycles. The van der Waals surface area contributed by atoms with Gasteiger partial charge in [0.15, 0.2) is 0 Å². The molecule has 0 fully saturated rings. The Bertz CT molecular complexity index is 426. The van der Waals surface area contributed by atoms with E-state index in [1.807, 2.05) is 31.3 Å². The minimum atomic E-state index is 0.0257. The van der Waals surface area contributed by atoms with E-state index in [1.54, 1.807) is 17.1 Å². The van der Waals surface area contributed by atoms with Gasteiger partial charge in [-0.05, 0) is 29.7 Å². The minimum Gasteiger partial charge on any atom is -0.399 e. The van der Waals surface area contributed by atoms with Crippen molar-refractivity contribution in [1.29, 1.82) is 0 Å². The Kier molecular flexibility index (Phi) is 5.43. The van der Waals surface area contributed by atoms with Crippen LogP contribution in [0.4, 0.5) is 5.69 Å². The fourth-order valence-corrected chi connectivity index (χ4v) is 1.64. The molecule has 1 unspecified atom stereocenters. The number of carbonyl (C=O) groups excluding carboxylic acids is 1. The Hall–Kier alpha value is -1.77. The highest BCUT2D eigenvalue weighted by Gasteiger charge is 2.08. The topological polar surface area (TPSA) is 46.3 Å². The maximum Gasteiger partial charge on any atom is 0.246 e. The lowest BCUT2D eigenvalue weighted by atomic mass is 10.1. The van der Waals surface area contributed by atoms with E-state index in [0.29, 0.717) is 11.6 Å². The van der Waals surface area contributed by atoms with E-state index in [4.69, 9.17) is 5.73 Å². The molecule has 1 aromatic carbocycles. The van der Waals surface area contributed by atoms with E-state index in [2.05, 4.69) is 13.8 Å². The van der Waals surface area contributed by atoms with Crippen molar-refractivity contribution >= 4 is 17.7 Å². The summed E-state index contributed by atoms with van der Waals surface area (Å²) in [6.07, 6.45) is 4.47. The molecule has 0 heterocycles. The fourth-order valence-electron chi connectivity index (χ4n) is 1.64. The summed E-state index contributed by atoms with van der Waals surface area (Å²) in [5, 5.41) is 0. The summed E-state index contributed by atoms with van der Waals surface area (Å²) in [5.74, 6) is 0.553. The molecule has 18 heavy (non-hydrogen) atoms. The van der Waals surface area contributed by atoms with Crippen molar-refractivity contribution in [1.82, 2.24) is 4.90 Å². The molecule has 1 amide bonds. The summed E-state index contributed by atoms with van der Waals surface area (Å²) >= 11 is 0. The van der Waals surface area contributed by atoms with Crippen LogP contribution in [0.5, 0.6) is 0 Å². The number of hydrogen-bond acceptors (Lipinski definition) is 2. The predicted molar refractivity (Wildman–Crippen MR) is 77.0 cm³/mol. The summed E-state index contributed by atoms with van der Waals surface area (Å²) in [7, 11) is 1.83. The van der Waals surface area contributed by atoms with Gasteiger partial charge >= 0.3 is 0 Å². The number of anilines is 1. The Balaban J connectivity index is 2.58. The number of hydrogen-bond donors (Lipinski definition) is 1. The van der Waals surface area contributed by atoms with Crippen LogP contribution in [0.1, 0.15) is 25.8 Å². The van der Waals surface area contributed by atoms with Crippen LogP contribution in [0.25, 0.3) is 6.08 Å². The number of nitrogens with two attached hydrogens (primary N) is 1. The molecule has 1 rings (SSSR count). The minimum absolute atomic E-state index is 0.0257. The summed E-state index contributed by atoms with van der Waals surface area (Å²) in [4.78, 5) is 13.6. The fraction of sp³-hybridized carbons (Fsp3) is 0.400. The summed E-state index contributed by atoms with van der Waals surface area (Å²) in [6.45, 7) is 5.06. The highest BCUT2D eigenvalue weighted by molar-refractivity contribution is 5.91. The normalized spacial score (nSPS) is 12.6. The van der Waals surface area contributed by atoms with Crippen LogP contribution in [-0.2, 0) is 4.79 Å². The third-order valence-electron chi connectivity index (χ3n) is 2.99. The van der Waals surface area contributed by atoms with E-state index in [1.165, 1.54) is 0 Å². The molecule has 0 spiro atoms. The summed E-state index contributed by atoms with van der Waals surface area (Å²) in [6, 6.07) is 7.48. The standard InChI is InChI=1S/C15H22N2O/c1-4-12(2)11-17(3)15(18)9-8-13-6-5-7-14(16)10-13/h5-10,12H,4,11,16H2,1-3H3/b9-8+. The van der Waals surface area contributed by atoms with Gasteiger partial charge in [-0.25, -0.2) is 0 Å². The van der Waals surface area contributed by atoms with Gasteiger partial charge in [-0.1, -0.05) is 32.4 Å². The molecule has 1 atom stereocenters. The second-order valence-electron chi connectivity index (χ2n) is 4.74. The van der Waals surface area contributed by atoms with Crippen LogP contribution in [0, 0.1) is 5.92 Å². The van der Waals surface area contributed by atoms with Gasteiger partial charge in [0, 0.05) is 25.4 Å². The van der Waals surface area contributed by atoms with Crippen LogP contribution in [0.3, 0.4) is 0 Å². The van der Waals surface area contributed by atoms with Crippen LogP contribution in [0.2, 0.25) is 0 Å². The van der Waals surface area contributed by atoms with Crippen molar-refractivity contribution in [3.63, 3.8) is 0 Å². The number of nitrogen functional groups attached to an aromatic ring is 1. The van der Waals surface area contributed by atoms with Crippen molar-refractivity contribution in [3.8, 4) is 0 Å². The zero-order valence-electron chi connectivity index (χ0n) is 11.4. The SMILES string of the molecule is CCC(C)CN(C)C(=O)/C=C/c1cccc(N)c1. The van der Waals surface area contributed by atoms with Gasteiger partial charge in [-0.3, -0.25) is 4.79 Å². The molecule has 1 aromatic rings. The highest BCUT2D eigenvalue weighted by Crippen LogP contribution is 2.09. The molecule has 0 saturated heterocycles. The van der Waals surface area contributed by atoms with E-state index < -0.39 is 0 Å². The van der Waals surface area contributed by atoms with Gasteiger partial charge in [0.05, 0.1) is 0 Å². The molecule has 98 valence electrons. The van der Waals surface area contributed by atoms with Crippen LogP contribution in [-0.4, -0.2) is 24.4 Å². The molecule has 0 aliphatic rings. The first-order valence-corrected chi connectivity index (χ1v) is 6.31. The van der Waals surface area contributed by atoms with E-state index >= 15 is 0 Å². The first-order chi connectivity index (χ1) is 8.52. The first kappa shape index (κ1) is 14.3. The molecule has 0 bridgehead atoms. The van der Waals surface area contributed by atoms with Gasteiger partial charge in [0.1, 0.15) is 0 Å². The zero-order valence-corrected chi connectivity index (χ0v) is 11.4. The average Bonchev–Trinajstić information content (AvgIpc) is 2.35. The number of carbonyl (C=O) groups is 1. The molecule has 3 heteroatoms. The Labute approximate surface area is 109 Å². The number of rotatable bonds is 5. The monoisotopic (exact) mass is 246 g/mol. The first-order valence-electron chi connectivity index (χ1n) is 6.31. The molecule has 0 aliphatic heterocycles.